The Kier molecular flexibility index (Phi) is 8.20. The minimum atomic E-state index is 0.312. The summed E-state index contributed by atoms with van der Waals surface area (Å²) < 4.78 is 0. The summed E-state index contributed by atoms with van der Waals surface area (Å²) >= 11 is 0. The number of nitrogens with one attached hydrogen (secondary N) is 1. The zero-order chi connectivity index (χ0) is 11.0. The molecule has 0 fully saturated rings. The molecule has 0 aliphatic carbocycles. The standard InChI is InChI=1S/C12H27NO/c1-10(2)7-8-12(4)13-11(3)6-5-9-14/h10-14H,5-9H2,1-4H3. The molecule has 2 atom stereocenters. The highest BCUT2D eigenvalue weighted by atomic mass is 16.2. The van der Waals surface area contributed by atoms with Crippen molar-refractivity contribution >= 4 is 0 Å². The van der Waals surface area contributed by atoms with E-state index < -0.39 is 0 Å². The highest BCUT2D eigenvalue weighted by Crippen LogP contribution is 2.07. The predicted molar refractivity (Wildman–Crippen MR) is 62.5 cm³/mol. The van der Waals surface area contributed by atoms with Gasteiger partial charge in [0, 0.05) is 18.7 Å². The van der Waals surface area contributed by atoms with Crippen molar-refractivity contribution in [2.24, 2.45) is 5.92 Å². The fourth-order valence-electron chi connectivity index (χ4n) is 1.63. The molecule has 2 unspecified atom stereocenters. The van der Waals surface area contributed by atoms with Crippen LogP contribution in [0.4, 0.5) is 0 Å². The summed E-state index contributed by atoms with van der Waals surface area (Å²) in [6, 6.07) is 1.13. The molecule has 0 aliphatic rings. The van der Waals surface area contributed by atoms with Gasteiger partial charge in [0.15, 0.2) is 0 Å². The Labute approximate surface area is 89.1 Å². The van der Waals surface area contributed by atoms with Gasteiger partial charge in [-0.2, -0.15) is 0 Å². The lowest BCUT2D eigenvalue weighted by molar-refractivity contribution is 0.273. The number of hydrogen-bond donors (Lipinski definition) is 2. The smallest absolute Gasteiger partial charge is 0.0431 e. The monoisotopic (exact) mass is 201 g/mol. The van der Waals surface area contributed by atoms with Crippen molar-refractivity contribution in [3.63, 3.8) is 0 Å². The van der Waals surface area contributed by atoms with E-state index in [4.69, 9.17) is 5.11 Å². The summed E-state index contributed by atoms with van der Waals surface area (Å²) in [4.78, 5) is 0. The molecule has 0 aromatic heterocycles. The van der Waals surface area contributed by atoms with Crippen LogP contribution >= 0.6 is 0 Å². The van der Waals surface area contributed by atoms with Crippen molar-refractivity contribution in [3.8, 4) is 0 Å². The van der Waals surface area contributed by atoms with Crippen molar-refractivity contribution < 1.29 is 5.11 Å². The van der Waals surface area contributed by atoms with Crippen LogP contribution in [0.1, 0.15) is 53.4 Å². The second kappa shape index (κ2) is 8.25. The quantitative estimate of drug-likeness (QED) is 0.632. The van der Waals surface area contributed by atoms with Crippen molar-refractivity contribution in [3.05, 3.63) is 0 Å². The van der Waals surface area contributed by atoms with Crippen LogP contribution in [-0.4, -0.2) is 23.8 Å². The average Bonchev–Trinajstić information content (AvgIpc) is 2.11. The van der Waals surface area contributed by atoms with Gasteiger partial charge < -0.3 is 10.4 Å². The number of aliphatic hydroxyl groups excluding tert-OH is 1. The Bertz CT molecular complexity index is 125. The molecule has 0 aromatic carbocycles. The summed E-state index contributed by atoms with van der Waals surface area (Å²) in [6.45, 7) is 9.29. The van der Waals surface area contributed by atoms with Gasteiger partial charge in [0.05, 0.1) is 0 Å². The largest absolute Gasteiger partial charge is 0.396 e. The van der Waals surface area contributed by atoms with Gasteiger partial charge in [-0.25, -0.2) is 0 Å². The molecule has 14 heavy (non-hydrogen) atoms. The van der Waals surface area contributed by atoms with E-state index in [2.05, 4.69) is 33.0 Å². The predicted octanol–water partition coefficient (Wildman–Crippen LogP) is 2.56. The van der Waals surface area contributed by atoms with Crippen LogP contribution in [-0.2, 0) is 0 Å². The van der Waals surface area contributed by atoms with Crippen molar-refractivity contribution in [2.75, 3.05) is 6.61 Å². The first-order valence-corrected chi connectivity index (χ1v) is 5.93. The highest BCUT2D eigenvalue weighted by molar-refractivity contribution is 4.68. The van der Waals surface area contributed by atoms with Crippen molar-refractivity contribution in [2.45, 2.75) is 65.5 Å². The van der Waals surface area contributed by atoms with Crippen molar-refractivity contribution in [1.82, 2.24) is 5.32 Å². The Morgan fingerprint density at radius 1 is 0.929 bits per heavy atom. The van der Waals surface area contributed by atoms with Crippen LogP contribution in [0, 0.1) is 5.92 Å². The van der Waals surface area contributed by atoms with Gasteiger partial charge in [-0.3, -0.25) is 0 Å². The molecule has 86 valence electrons. The van der Waals surface area contributed by atoms with Crippen LogP contribution in [0.15, 0.2) is 0 Å². The van der Waals surface area contributed by atoms with E-state index in [9.17, 15) is 0 Å². The van der Waals surface area contributed by atoms with Crippen LogP contribution < -0.4 is 5.32 Å². The molecule has 0 bridgehead atoms. The van der Waals surface area contributed by atoms with E-state index in [1.807, 2.05) is 0 Å². The molecule has 0 rings (SSSR count). The summed E-state index contributed by atoms with van der Waals surface area (Å²) in [6.07, 6.45) is 4.52. The van der Waals surface area contributed by atoms with Gasteiger partial charge in [-0.05, 0) is 45.4 Å². The van der Waals surface area contributed by atoms with Crippen LogP contribution in [0.2, 0.25) is 0 Å². The minimum Gasteiger partial charge on any atom is -0.396 e. The molecule has 2 nitrogen and oxygen atoms in total. The fourth-order valence-corrected chi connectivity index (χ4v) is 1.63. The zero-order valence-corrected chi connectivity index (χ0v) is 10.2. The van der Waals surface area contributed by atoms with Crippen LogP contribution in [0.3, 0.4) is 0 Å². The van der Waals surface area contributed by atoms with Gasteiger partial charge in [-0.15, -0.1) is 0 Å². The van der Waals surface area contributed by atoms with E-state index in [0.717, 1.165) is 18.8 Å². The Morgan fingerprint density at radius 3 is 2.00 bits per heavy atom. The van der Waals surface area contributed by atoms with Gasteiger partial charge >= 0.3 is 0 Å². The van der Waals surface area contributed by atoms with E-state index in [-0.39, 0.29) is 0 Å². The molecule has 0 aliphatic heterocycles. The molecule has 2 N–H and O–H groups in total. The highest BCUT2D eigenvalue weighted by Gasteiger charge is 2.07. The lowest BCUT2D eigenvalue weighted by Gasteiger charge is -2.20. The third kappa shape index (κ3) is 8.52. The molecule has 0 amide bonds. The second-order valence-electron chi connectivity index (χ2n) is 4.81. The molecule has 0 saturated heterocycles. The van der Waals surface area contributed by atoms with Gasteiger partial charge in [0.25, 0.3) is 0 Å². The second-order valence-corrected chi connectivity index (χ2v) is 4.81. The lowest BCUT2D eigenvalue weighted by atomic mass is 10.0. The van der Waals surface area contributed by atoms with E-state index >= 15 is 0 Å². The summed E-state index contributed by atoms with van der Waals surface area (Å²) in [7, 11) is 0. The molecule has 0 heterocycles. The minimum absolute atomic E-state index is 0.312. The van der Waals surface area contributed by atoms with Crippen LogP contribution in [0.25, 0.3) is 0 Å². The van der Waals surface area contributed by atoms with Gasteiger partial charge in [0.1, 0.15) is 0 Å². The maximum absolute atomic E-state index is 8.70. The molecule has 2 heteroatoms. The number of rotatable bonds is 8. The Balaban J connectivity index is 3.44. The number of aliphatic hydroxyl groups is 1. The third-order valence-corrected chi connectivity index (χ3v) is 2.54. The van der Waals surface area contributed by atoms with E-state index in [1.54, 1.807) is 0 Å². The van der Waals surface area contributed by atoms with Crippen molar-refractivity contribution in [1.29, 1.82) is 0 Å². The maximum atomic E-state index is 8.70. The maximum Gasteiger partial charge on any atom is 0.0431 e. The first-order chi connectivity index (χ1) is 6.56. The molecule has 0 saturated carbocycles. The normalized spacial score (nSPS) is 15.9. The third-order valence-electron chi connectivity index (χ3n) is 2.54. The first kappa shape index (κ1) is 13.9. The van der Waals surface area contributed by atoms with Crippen LogP contribution in [0.5, 0.6) is 0 Å². The molecule has 0 radical (unpaired) electrons. The molecular weight excluding hydrogens is 174 g/mol. The van der Waals surface area contributed by atoms with E-state index in [1.165, 1.54) is 12.8 Å². The van der Waals surface area contributed by atoms with E-state index in [0.29, 0.717) is 18.7 Å². The number of hydrogen-bond acceptors (Lipinski definition) is 2. The fraction of sp³-hybridized carbons (Fsp3) is 1.00. The molecule has 0 spiro atoms. The summed E-state index contributed by atoms with van der Waals surface area (Å²) in [5, 5.41) is 12.3. The summed E-state index contributed by atoms with van der Waals surface area (Å²) in [5.41, 5.74) is 0. The zero-order valence-electron chi connectivity index (χ0n) is 10.2. The Hall–Kier alpha value is -0.0800. The SMILES string of the molecule is CC(C)CCC(C)NC(C)CCCO. The summed E-state index contributed by atoms with van der Waals surface area (Å²) in [5.74, 6) is 0.798. The topological polar surface area (TPSA) is 32.3 Å². The van der Waals surface area contributed by atoms with Gasteiger partial charge in [0.2, 0.25) is 0 Å². The van der Waals surface area contributed by atoms with Gasteiger partial charge in [-0.1, -0.05) is 13.8 Å². The Morgan fingerprint density at radius 2 is 1.50 bits per heavy atom. The first-order valence-electron chi connectivity index (χ1n) is 5.93. The lowest BCUT2D eigenvalue weighted by Crippen LogP contribution is -2.34. The molecular formula is C12H27NO. The molecule has 0 aromatic rings. The average molecular weight is 201 g/mol.